The summed E-state index contributed by atoms with van der Waals surface area (Å²) in [4.78, 5) is 22.9. The van der Waals surface area contributed by atoms with E-state index < -0.39 is 35.7 Å². The first-order valence-electron chi connectivity index (χ1n) is 10.5. The Bertz CT molecular complexity index is 800. The quantitative estimate of drug-likeness (QED) is 0.487. The van der Waals surface area contributed by atoms with Crippen molar-refractivity contribution in [1.82, 2.24) is 15.4 Å². The molecule has 0 fully saturated rings. The van der Waals surface area contributed by atoms with Crippen LogP contribution in [-0.2, 0) is 16.2 Å². The van der Waals surface area contributed by atoms with E-state index in [4.69, 9.17) is 0 Å². The average Bonchev–Trinajstić information content (AvgIpc) is 3.24. The molecule has 186 valence electrons. The summed E-state index contributed by atoms with van der Waals surface area (Å²) in [5, 5.41) is 9.54. The van der Waals surface area contributed by atoms with Gasteiger partial charge in [-0.3, -0.25) is 20.1 Å². The van der Waals surface area contributed by atoms with Gasteiger partial charge in [0.2, 0.25) is 0 Å². The Morgan fingerprint density at radius 3 is 2.39 bits per heavy atom. The van der Waals surface area contributed by atoms with E-state index in [0.717, 1.165) is 25.7 Å². The highest BCUT2D eigenvalue weighted by Gasteiger charge is 2.75. The van der Waals surface area contributed by atoms with Crippen molar-refractivity contribution in [3.63, 3.8) is 0 Å². The van der Waals surface area contributed by atoms with Crippen LogP contribution in [0.4, 0.5) is 26.3 Å². The van der Waals surface area contributed by atoms with Crippen LogP contribution in [0, 0.1) is 5.92 Å². The van der Waals surface area contributed by atoms with E-state index in [2.05, 4.69) is 9.82 Å². The highest BCUT2D eigenvalue weighted by molar-refractivity contribution is 5.93. The van der Waals surface area contributed by atoms with Crippen LogP contribution in [0.5, 0.6) is 0 Å². The number of carbonyl (C=O) groups is 1. The SMILES string of the molecule is CCCCC(CC)CN(Cc1ccccn1)C(=O)C1=CC(C(O)(C(F)(F)F)C(F)(F)F)ON1. The summed E-state index contributed by atoms with van der Waals surface area (Å²) in [5.41, 5.74) is -3.46. The third-order valence-electron chi connectivity index (χ3n) is 5.51. The number of unbranched alkanes of at least 4 members (excludes halogenated alkanes) is 1. The molecule has 1 aromatic heterocycles. The molecule has 0 radical (unpaired) electrons. The normalized spacial score (nSPS) is 18.0. The van der Waals surface area contributed by atoms with Crippen LogP contribution in [0.15, 0.2) is 36.2 Å². The Morgan fingerprint density at radius 2 is 1.88 bits per heavy atom. The van der Waals surface area contributed by atoms with Gasteiger partial charge in [0.15, 0.2) is 6.10 Å². The third kappa shape index (κ3) is 6.17. The molecule has 0 aliphatic carbocycles. The lowest BCUT2D eigenvalue weighted by Gasteiger charge is -2.34. The zero-order chi connectivity index (χ0) is 24.9. The summed E-state index contributed by atoms with van der Waals surface area (Å²) < 4.78 is 78.9. The number of hydrogen-bond donors (Lipinski definition) is 2. The second kappa shape index (κ2) is 10.7. The van der Waals surface area contributed by atoms with Gasteiger partial charge in [0.25, 0.3) is 11.5 Å². The van der Waals surface area contributed by atoms with E-state index in [0.29, 0.717) is 11.8 Å². The zero-order valence-electron chi connectivity index (χ0n) is 18.2. The van der Waals surface area contributed by atoms with Crippen molar-refractivity contribution in [2.75, 3.05) is 6.54 Å². The van der Waals surface area contributed by atoms with Crippen LogP contribution in [0.1, 0.15) is 45.2 Å². The first kappa shape index (κ1) is 26.9. The van der Waals surface area contributed by atoms with Gasteiger partial charge in [-0.05, 0) is 30.5 Å². The number of alkyl halides is 6. The molecular formula is C21H27F6N3O3. The van der Waals surface area contributed by atoms with E-state index in [1.165, 1.54) is 11.1 Å². The molecular weight excluding hydrogens is 456 g/mol. The van der Waals surface area contributed by atoms with Gasteiger partial charge in [-0.15, -0.1) is 0 Å². The Balaban J connectivity index is 2.33. The van der Waals surface area contributed by atoms with Gasteiger partial charge in [0.1, 0.15) is 5.70 Å². The van der Waals surface area contributed by atoms with Crippen molar-refractivity contribution in [2.24, 2.45) is 5.92 Å². The number of hydrogen-bond acceptors (Lipinski definition) is 5. The first-order chi connectivity index (χ1) is 15.3. The number of hydroxylamine groups is 1. The Morgan fingerprint density at radius 1 is 1.21 bits per heavy atom. The number of nitrogens with one attached hydrogen (secondary N) is 1. The predicted molar refractivity (Wildman–Crippen MR) is 106 cm³/mol. The van der Waals surface area contributed by atoms with E-state index in [-0.39, 0.29) is 19.0 Å². The van der Waals surface area contributed by atoms with Gasteiger partial charge in [-0.2, -0.15) is 26.3 Å². The molecule has 1 aliphatic heterocycles. The second-order valence-corrected chi connectivity index (χ2v) is 7.91. The van der Waals surface area contributed by atoms with Gasteiger partial charge in [-0.25, -0.2) is 0 Å². The summed E-state index contributed by atoms with van der Waals surface area (Å²) >= 11 is 0. The fourth-order valence-electron chi connectivity index (χ4n) is 3.46. The lowest BCUT2D eigenvalue weighted by molar-refractivity contribution is -0.390. The summed E-state index contributed by atoms with van der Waals surface area (Å²) in [7, 11) is 0. The van der Waals surface area contributed by atoms with Gasteiger partial charge in [0, 0.05) is 12.7 Å². The molecule has 2 unspecified atom stereocenters. The molecule has 2 N–H and O–H groups in total. The van der Waals surface area contributed by atoms with Gasteiger partial charge in [0.05, 0.1) is 12.2 Å². The number of nitrogens with zero attached hydrogens (tertiary/aromatic N) is 2. The van der Waals surface area contributed by atoms with E-state index in [9.17, 15) is 36.2 Å². The van der Waals surface area contributed by atoms with Crippen molar-refractivity contribution >= 4 is 5.91 Å². The topological polar surface area (TPSA) is 74.7 Å². The Hall–Kier alpha value is -2.34. The standard InChI is InChI=1S/C21H27F6N3O3/c1-3-5-8-14(4-2)12-30(13-15-9-6-7-10-28-15)18(31)16-11-17(33-29-16)19(32,20(22,23)24)21(25,26)27/h6-7,9-11,14,17,29,32H,3-5,8,12-13H2,1-2H3. The number of amides is 1. The summed E-state index contributed by atoms with van der Waals surface area (Å²) in [6.07, 6.45) is -9.89. The monoisotopic (exact) mass is 483 g/mol. The Labute approximate surface area is 187 Å². The maximum absolute atomic E-state index is 13.2. The minimum atomic E-state index is -6.09. The van der Waals surface area contributed by atoms with Crippen molar-refractivity contribution < 1.29 is 41.1 Å². The smallest absolute Gasteiger partial charge is 0.371 e. The molecule has 0 spiro atoms. The number of carbonyl (C=O) groups excluding carboxylic acids is 1. The molecule has 2 rings (SSSR count). The molecule has 12 heteroatoms. The van der Waals surface area contributed by atoms with Gasteiger partial charge >= 0.3 is 12.4 Å². The molecule has 6 nitrogen and oxygen atoms in total. The third-order valence-corrected chi connectivity index (χ3v) is 5.51. The van der Waals surface area contributed by atoms with Crippen molar-refractivity contribution in [2.45, 2.75) is 70.1 Å². The summed E-state index contributed by atoms with van der Waals surface area (Å²) in [5.74, 6) is -0.789. The van der Waals surface area contributed by atoms with E-state index in [1.54, 1.807) is 18.2 Å². The predicted octanol–water partition coefficient (Wildman–Crippen LogP) is 4.27. The largest absolute Gasteiger partial charge is 0.429 e. The highest BCUT2D eigenvalue weighted by Crippen LogP contribution is 2.47. The lowest BCUT2D eigenvalue weighted by atomic mass is 9.94. The van der Waals surface area contributed by atoms with Crippen LogP contribution in [-0.4, -0.2) is 51.5 Å². The number of rotatable bonds is 10. The molecule has 0 aromatic carbocycles. The van der Waals surface area contributed by atoms with Crippen molar-refractivity contribution in [3.05, 3.63) is 41.9 Å². The molecule has 0 saturated heterocycles. The second-order valence-electron chi connectivity index (χ2n) is 7.91. The average molecular weight is 483 g/mol. The molecule has 2 atom stereocenters. The maximum Gasteiger partial charge on any atom is 0.429 e. The molecule has 33 heavy (non-hydrogen) atoms. The molecule has 0 saturated carbocycles. The summed E-state index contributed by atoms with van der Waals surface area (Å²) in [6, 6.07) is 5.01. The number of aromatic nitrogens is 1. The molecule has 1 amide bonds. The van der Waals surface area contributed by atoms with Crippen molar-refractivity contribution in [1.29, 1.82) is 0 Å². The number of pyridine rings is 1. The maximum atomic E-state index is 13.2. The van der Waals surface area contributed by atoms with Crippen molar-refractivity contribution in [3.8, 4) is 0 Å². The number of aliphatic hydroxyl groups is 1. The van der Waals surface area contributed by atoms with Gasteiger partial charge in [-0.1, -0.05) is 39.2 Å². The highest BCUT2D eigenvalue weighted by atomic mass is 19.4. The van der Waals surface area contributed by atoms with Gasteiger partial charge < -0.3 is 10.0 Å². The lowest BCUT2D eigenvalue weighted by Crippen LogP contribution is -2.64. The molecule has 2 heterocycles. The van der Waals surface area contributed by atoms with Crippen LogP contribution in [0.2, 0.25) is 0 Å². The fourth-order valence-corrected chi connectivity index (χ4v) is 3.46. The molecule has 1 aliphatic rings. The van der Waals surface area contributed by atoms with E-state index in [1.807, 2.05) is 19.3 Å². The van der Waals surface area contributed by atoms with E-state index >= 15 is 0 Å². The fraction of sp³-hybridized carbons (Fsp3) is 0.619. The first-order valence-corrected chi connectivity index (χ1v) is 10.5. The number of halogens is 6. The van der Waals surface area contributed by atoms with Crippen LogP contribution in [0.25, 0.3) is 0 Å². The zero-order valence-corrected chi connectivity index (χ0v) is 18.2. The Kier molecular flexibility index (Phi) is 8.75. The molecule has 0 bridgehead atoms. The van der Waals surface area contributed by atoms with Crippen LogP contribution < -0.4 is 5.48 Å². The van der Waals surface area contributed by atoms with Crippen LogP contribution >= 0.6 is 0 Å². The minimum Gasteiger partial charge on any atom is -0.371 e. The molecule has 1 aromatic rings. The minimum absolute atomic E-state index is 0.00516. The van der Waals surface area contributed by atoms with Crippen LogP contribution in [0.3, 0.4) is 0 Å². The summed E-state index contributed by atoms with van der Waals surface area (Å²) in [6.45, 7) is 4.16.